The molecule has 0 aliphatic heterocycles. The molecule has 3 heteroatoms. The Kier molecular flexibility index (Phi) is 4.53. The lowest BCUT2D eigenvalue weighted by molar-refractivity contribution is -0.148. The molecule has 0 aromatic heterocycles. The van der Waals surface area contributed by atoms with Crippen LogP contribution in [0.5, 0.6) is 0 Å². The minimum atomic E-state index is -0.175. The minimum absolute atomic E-state index is 0.0864. The van der Waals surface area contributed by atoms with E-state index < -0.39 is 0 Å². The maximum Gasteiger partial charge on any atom is 0.302 e. The van der Waals surface area contributed by atoms with Crippen molar-refractivity contribution in [3.8, 4) is 0 Å². The molecule has 4 aliphatic carbocycles. The molecule has 3 nitrogen and oxygen atoms in total. The summed E-state index contributed by atoms with van der Waals surface area (Å²) >= 11 is 0. The first-order valence-corrected chi connectivity index (χ1v) is 10.8. The first kappa shape index (κ1) is 18.5. The number of carbonyl (C=O) groups is 1. The van der Waals surface area contributed by atoms with E-state index in [9.17, 15) is 9.90 Å². The van der Waals surface area contributed by atoms with Gasteiger partial charge in [0.05, 0.1) is 6.10 Å². The summed E-state index contributed by atoms with van der Waals surface area (Å²) in [6.07, 6.45) is 11.8. The number of esters is 1. The fraction of sp³-hybridized carbons (Fsp3) is 0.870. The second-order valence-corrected chi connectivity index (χ2v) is 10.2. The van der Waals surface area contributed by atoms with Crippen molar-refractivity contribution in [3.63, 3.8) is 0 Å². The van der Waals surface area contributed by atoms with Gasteiger partial charge in [-0.1, -0.05) is 25.5 Å². The third-order valence-corrected chi connectivity index (χ3v) is 9.05. The van der Waals surface area contributed by atoms with Crippen LogP contribution in [0.4, 0.5) is 0 Å². The summed E-state index contributed by atoms with van der Waals surface area (Å²) in [7, 11) is 0. The summed E-state index contributed by atoms with van der Waals surface area (Å²) < 4.78 is 5.54. The Hall–Kier alpha value is -0.830. The van der Waals surface area contributed by atoms with E-state index in [1.165, 1.54) is 39.0 Å². The first-order chi connectivity index (χ1) is 12.3. The number of aliphatic hydroxyl groups is 1. The molecule has 0 aromatic rings. The predicted molar refractivity (Wildman–Crippen MR) is 102 cm³/mol. The second kappa shape index (κ2) is 6.36. The van der Waals surface area contributed by atoms with Crippen molar-refractivity contribution in [3.05, 3.63) is 11.6 Å². The molecule has 8 atom stereocenters. The zero-order valence-corrected chi connectivity index (χ0v) is 17.0. The maximum atomic E-state index is 11.4. The molecule has 0 aromatic carbocycles. The number of allylic oxidation sites excluding steroid dienone is 1. The fourth-order valence-electron chi connectivity index (χ4n) is 7.80. The summed E-state index contributed by atoms with van der Waals surface area (Å²) in [5.74, 6) is 2.65. The van der Waals surface area contributed by atoms with Gasteiger partial charge in [0.2, 0.25) is 0 Å². The average molecular weight is 361 g/mol. The van der Waals surface area contributed by atoms with Gasteiger partial charge < -0.3 is 9.84 Å². The van der Waals surface area contributed by atoms with E-state index in [0.717, 1.165) is 37.0 Å². The van der Waals surface area contributed by atoms with Gasteiger partial charge in [-0.2, -0.15) is 0 Å². The Morgan fingerprint density at radius 3 is 2.65 bits per heavy atom. The summed E-state index contributed by atoms with van der Waals surface area (Å²) in [5.41, 5.74) is 2.18. The van der Waals surface area contributed by atoms with Crippen molar-refractivity contribution >= 4 is 5.97 Å². The Morgan fingerprint density at radius 1 is 1.19 bits per heavy atom. The molecular formula is C23H36O3. The Bertz CT molecular complexity index is 609. The highest BCUT2D eigenvalue weighted by atomic mass is 16.5. The lowest BCUT2D eigenvalue weighted by Gasteiger charge is -2.58. The largest absolute Gasteiger partial charge is 0.462 e. The van der Waals surface area contributed by atoms with Gasteiger partial charge in [-0.15, -0.1) is 0 Å². The summed E-state index contributed by atoms with van der Waals surface area (Å²) in [6.45, 7) is 8.49. The van der Waals surface area contributed by atoms with Gasteiger partial charge >= 0.3 is 5.97 Å². The van der Waals surface area contributed by atoms with Crippen LogP contribution in [0.2, 0.25) is 0 Å². The molecule has 1 N–H and O–H groups in total. The molecule has 0 amide bonds. The van der Waals surface area contributed by atoms with Gasteiger partial charge in [0.15, 0.2) is 0 Å². The minimum Gasteiger partial charge on any atom is -0.462 e. The third-order valence-electron chi connectivity index (χ3n) is 9.05. The molecule has 0 saturated heterocycles. The lowest BCUT2D eigenvalue weighted by atomic mass is 9.47. The van der Waals surface area contributed by atoms with E-state index in [1.54, 1.807) is 5.57 Å². The highest BCUT2D eigenvalue weighted by Crippen LogP contribution is 2.66. The van der Waals surface area contributed by atoms with Gasteiger partial charge in [-0.3, -0.25) is 4.79 Å². The number of ether oxygens (including phenoxy) is 1. The SMILES string of the molecule is CC(=O)O[C@H]1CC[C@]2(C)C(=CC[C@H]3[C@H]4CC[C@H]([C@@H](C)O)[C@]4(C)CC[C@@H]32)C1. The van der Waals surface area contributed by atoms with Crippen LogP contribution in [0.1, 0.15) is 79.1 Å². The molecule has 0 bridgehead atoms. The first-order valence-electron chi connectivity index (χ1n) is 10.8. The smallest absolute Gasteiger partial charge is 0.302 e. The van der Waals surface area contributed by atoms with Crippen LogP contribution in [0.15, 0.2) is 11.6 Å². The van der Waals surface area contributed by atoms with E-state index >= 15 is 0 Å². The second-order valence-electron chi connectivity index (χ2n) is 10.2. The Labute approximate surface area is 158 Å². The van der Waals surface area contributed by atoms with Crippen LogP contribution in [-0.2, 0) is 9.53 Å². The molecule has 4 rings (SSSR count). The number of aliphatic hydroxyl groups excluding tert-OH is 1. The molecule has 26 heavy (non-hydrogen) atoms. The van der Waals surface area contributed by atoms with Gasteiger partial charge in [0.1, 0.15) is 6.10 Å². The van der Waals surface area contributed by atoms with Crippen LogP contribution in [0, 0.1) is 34.5 Å². The van der Waals surface area contributed by atoms with Crippen LogP contribution < -0.4 is 0 Å². The highest BCUT2D eigenvalue weighted by molar-refractivity contribution is 5.66. The van der Waals surface area contributed by atoms with Crippen molar-refractivity contribution in [1.82, 2.24) is 0 Å². The molecule has 0 heterocycles. The van der Waals surface area contributed by atoms with E-state index in [2.05, 4.69) is 19.9 Å². The van der Waals surface area contributed by atoms with Crippen LogP contribution >= 0.6 is 0 Å². The number of fused-ring (bicyclic) bond motifs is 5. The summed E-state index contributed by atoms with van der Waals surface area (Å²) in [4.78, 5) is 11.4. The van der Waals surface area contributed by atoms with Crippen molar-refractivity contribution in [2.45, 2.75) is 91.3 Å². The van der Waals surface area contributed by atoms with Gasteiger partial charge in [-0.25, -0.2) is 0 Å². The lowest BCUT2D eigenvalue weighted by Crippen LogP contribution is -2.51. The average Bonchev–Trinajstić information content (AvgIpc) is 2.92. The number of hydrogen-bond donors (Lipinski definition) is 1. The van der Waals surface area contributed by atoms with Gasteiger partial charge in [-0.05, 0) is 86.4 Å². The topological polar surface area (TPSA) is 46.5 Å². The van der Waals surface area contributed by atoms with Gasteiger partial charge in [0.25, 0.3) is 0 Å². The standard InChI is InChI=1S/C23H36O3/c1-14(24)19-7-8-20-18-6-5-16-13-17(26-15(2)25)9-11-22(16,3)21(18)10-12-23(19,20)4/h5,14,17-21,24H,6-13H2,1-4H3/t14-,17+,18+,19-,20-,21+,22-,23+/m1/s1. The van der Waals surface area contributed by atoms with Crippen LogP contribution in [-0.4, -0.2) is 23.3 Å². The van der Waals surface area contributed by atoms with Crippen molar-refractivity contribution in [2.24, 2.45) is 34.5 Å². The quantitative estimate of drug-likeness (QED) is 0.564. The molecule has 146 valence electrons. The normalized spacial score (nSPS) is 48.7. The summed E-state index contributed by atoms with van der Waals surface area (Å²) in [5, 5.41) is 10.3. The molecule has 0 spiro atoms. The molecule has 3 saturated carbocycles. The molecule has 0 unspecified atom stereocenters. The fourth-order valence-corrected chi connectivity index (χ4v) is 7.80. The third kappa shape index (κ3) is 2.68. The van der Waals surface area contributed by atoms with Crippen molar-refractivity contribution < 1.29 is 14.6 Å². The van der Waals surface area contributed by atoms with E-state index in [4.69, 9.17) is 4.74 Å². The molecular weight excluding hydrogens is 324 g/mol. The zero-order chi connectivity index (χ0) is 18.7. The molecule has 3 fully saturated rings. The molecule has 4 aliphatic rings. The highest BCUT2D eigenvalue weighted by Gasteiger charge is 2.59. The Balaban J connectivity index is 1.58. The van der Waals surface area contributed by atoms with Crippen LogP contribution in [0.25, 0.3) is 0 Å². The predicted octanol–water partition coefficient (Wildman–Crippen LogP) is 4.88. The van der Waals surface area contributed by atoms with E-state index in [0.29, 0.717) is 16.7 Å². The van der Waals surface area contributed by atoms with E-state index in [-0.39, 0.29) is 18.2 Å². The number of rotatable bonds is 2. The Morgan fingerprint density at radius 2 is 1.96 bits per heavy atom. The van der Waals surface area contributed by atoms with Crippen LogP contribution in [0.3, 0.4) is 0 Å². The van der Waals surface area contributed by atoms with Crippen molar-refractivity contribution in [1.29, 1.82) is 0 Å². The van der Waals surface area contributed by atoms with Gasteiger partial charge in [0, 0.05) is 13.3 Å². The monoisotopic (exact) mass is 360 g/mol. The number of carbonyl (C=O) groups excluding carboxylic acids is 1. The zero-order valence-electron chi connectivity index (χ0n) is 17.0. The number of hydrogen-bond acceptors (Lipinski definition) is 3. The molecule has 0 radical (unpaired) electrons. The summed E-state index contributed by atoms with van der Waals surface area (Å²) in [6, 6.07) is 0. The van der Waals surface area contributed by atoms with E-state index in [1.807, 2.05) is 6.92 Å². The van der Waals surface area contributed by atoms with Crippen molar-refractivity contribution in [2.75, 3.05) is 0 Å². The maximum absolute atomic E-state index is 11.4.